The van der Waals surface area contributed by atoms with Gasteiger partial charge in [-0.1, -0.05) is 17.8 Å². The SMILES string of the molecule is COc1ccc(NC(=O)CSc2nnc(-c3cccc([N+](=O)[O-])c3)o2)c(OC)c1. The van der Waals surface area contributed by atoms with E-state index in [4.69, 9.17) is 13.9 Å². The summed E-state index contributed by atoms with van der Waals surface area (Å²) in [5.74, 6) is 0.926. The van der Waals surface area contributed by atoms with Crippen LogP contribution in [0.3, 0.4) is 0 Å². The van der Waals surface area contributed by atoms with Crippen molar-refractivity contribution in [3.63, 3.8) is 0 Å². The largest absolute Gasteiger partial charge is 0.497 e. The predicted octanol–water partition coefficient (Wildman–Crippen LogP) is 3.39. The van der Waals surface area contributed by atoms with Crippen LogP contribution >= 0.6 is 11.8 Å². The molecule has 0 radical (unpaired) electrons. The number of anilines is 1. The highest BCUT2D eigenvalue weighted by Crippen LogP contribution is 2.30. The average molecular weight is 416 g/mol. The smallest absolute Gasteiger partial charge is 0.277 e. The summed E-state index contributed by atoms with van der Waals surface area (Å²) in [5.41, 5.74) is 0.843. The van der Waals surface area contributed by atoms with E-state index in [0.717, 1.165) is 11.8 Å². The topological polar surface area (TPSA) is 130 Å². The molecule has 0 unspecified atom stereocenters. The Labute approximate surface area is 169 Å². The van der Waals surface area contributed by atoms with E-state index in [0.29, 0.717) is 22.7 Å². The maximum atomic E-state index is 12.2. The number of nitrogens with one attached hydrogen (secondary N) is 1. The molecular formula is C18H16N4O6S. The minimum Gasteiger partial charge on any atom is -0.497 e. The number of hydrogen-bond donors (Lipinski definition) is 1. The average Bonchev–Trinajstić information content (AvgIpc) is 3.22. The van der Waals surface area contributed by atoms with Gasteiger partial charge in [-0.15, -0.1) is 10.2 Å². The first-order valence-electron chi connectivity index (χ1n) is 8.23. The van der Waals surface area contributed by atoms with Crippen LogP contribution in [0.4, 0.5) is 11.4 Å². The Kier molecular flexibility index (Phi) is 6.29. The molecule has 0 fully saturated rings. The van der Waals surface area contributed by atoms with Crippen LogP contribution in [0.15, 0.2) is 52.1 Å². The highest BCUT2D eigenvalue weighted by Gasteiger charge is 2.15. The zero-order valence-corrected chi connectivity index (χ0v) is 16.3. The summed E-state index contributed by atoms with van der Waals surface area (Å²) in [7, 11) is 3.03. The fourth-order valence-corrected chi connectivity index (χ4v) is 2.92. The molecule has 1 N–H and O–H groups in total. The highest BCUT2D eigenvalue weighted by molar-refractivity contribution is 7.99. The van der Waals surface area contributed by atoms with Crippen LogP contribution in [0.1, 0.15) is 0 Å². The Morgan fingerprint density at radius 2 is 2.03 bits per heavy atom. The van der Waals surface area contributed by atoms with E-state index < -0.39 is 4.92 Å². The van der Waals surface area contributed by atoms with E-state index in [1.807, 2.05) is 0 Å². The Morgan fingerprint density at radius 3 is 2.76 bits per heavy atom. The fraction of sp³-hybridized carbons (Fsp3) is 0.167. The number of carbonyl (C=O) groups excluding carboxylic acids is 1. The third-order valence-electron chi connectivity index (χ3n) is 3.72. The predicted molar refractivity (Wildman–Crippen MR) is 105 cm³/mol. The van der Waals surface area contributed by atoms with Crippen molar-refractivity contribution < 1.29 is 23.6 Å². The lowest BCUT2D eigenvalue weighted by Crippen LogP contribution is -2.14. The first-order chi connectivity index (χ1) is 14.0. The molecule has 0 aliphatic carbocycles. The maximum absolute atomic E-state index is 12.2. The van der Waals surface area contributed by atoms with Crippen molar-refractivity contribution >= 4 is 29.0 Å². The second-order valence-corrected chi connectivity index (χ2v) is 6.51. The fourth-order valence-electron chi connectivity index (χ4n) is 2.35. The standard InChI is InChI=1S/C18H16N4O6S/c1-26-13-6-7-14(15(9-13)27-2)19-16(23)10-29-18-21-20-17(28-18)11-4-3-5-12(8-11)22(24)25/h3-9H,10H2,1-2H3,(H,19,23). The molecule has 0 saturated carbocycles. The number of methoxy groups -OCH3 is 2. The van der Waals surface area contributed by atoms with Gasteiger partial charge in [0.1, 0.15) is 11.5 Å². The summed E-state index contributed by atoms with van der Waals surface area (Å²) in [6.45, 7) is 0. The van der Waals surface area contributed by atoms with E-state index in [1.54, 1.807) is 24.3 Å². The van der Waals surface area contributed by atoms with Crippen LogP contribution in [0, 0.1) is 10.1 Å². The van der Waals surface area contributed by atoms with Gasteiger partial charge in [-0.3, -0.25) is 14.9 Å². The number of ether oxygens (including phenoxy) is 2. The van der Waals surface area contributed by atoms with Crippen LogP contribution in [-0.2, 0) is 4.79 Å². The molecule has 0 aliphatic heterocycles. The normalized spacial score (nSPS) is 10.4. The van der Waals surface area contributed by atoms with E-state index in [9.17, 15) is 14.9 Å². The van der Waals surface area contributed by atoms with Gasteiger partial charge in [-0.05, 0) is 18.2 Å². The first kappa shape index (κ1) is 20.1. The first-order valence-corrected chi connectivity index (χ1v) is 9.21. The zero-order valence-electron chi connectivity index (χ0n) is 15.4. The van der Waals surface area contributed by atoms with Gasteiger partial charge >= 0.3 is 0 Å². The minimum absolute atomic E-state index is 0.0196. The van der Waals surface area contributed by atoms with Crippen molar-refractivity contribution in [3.05, 3.63) is 52.6 Å². The van der Waals surface area contributed by atoms with Gasteiger partial charge in [-0.2, -0.15) is 0 Å². The van der Waals surface area contributed by atoms with Gasteiger partial charge in [0, 0.05) is 23.8 Å². The zero-order chi connectivity index (χ0) is 20.8. The van der Waals surface area contributed by atoms with E-state index in [2.05, 4.69) is 15.5 Å². The third kappa shape index (κ3) is 5.02. The van der Waals surface area contributed by atoms with Crippen molar-refractivity contribution in [2.45, 2.75) is 5.22 Å². The molecule has 1 heterocycles. The maximum Gasteiger partial charge on any atom is 0.277 e. The Bertz CT molecular complexity index is 1040. The molecule has 29 heavy (non-hydrogen) atoms. The van der Waals surface area contributed by atoms with E-state index in [-0.39, 0.29) is 28.5 Å². The summed E-state index contributed by atoms with van der Waals surface area (Å²) in [5, 5.41) is 21.5. The number of hydrogen-bond acceptors (Lipinski definition) is 9. The molecule has 10 nitrogen and oxygen atoms in total. The summed E-state index contributed by atoms with van der Waals surface area (Å²) < 4.78 is 15.8. The molecule has 1 aromatic heterocycles. The van der Waals surface area contributed by atoms with Crippen LogP contribution in [0.2, 0.25) is 0 Å². The molecule has 0 bridgehead atoms. The van der Waals surface area contributed by atoms with Crippen LogP contribution in [0.5, 0.6) is 11.5 Å². The number of amides is 1. The second kappa shape index (κ2) is 9.06. The molecule has 3 rings (SSSR count). The summed E-state index contributed by atoms with van der Waals surface area (Å²) in [6.07, 6.45) is 0. The Hall–Kier alpha value is -3.60. The van der Waals surface area contributed by atoms with E-state index in [1.165, 1.54) is 32.4 Å². The number of thioether (sulfide) groups is 1. The summed E-state index contributed by atoms with van der Waals surface area (Å²) in [4.78, 5) is 22.6. The van der Waals surface area contributed by atoms with Gasteiger partial charge in [0.2, 0.25) is 11.8 Å². The molecule has 1 amide bonds. The molecule has 0 spiro atoms. The van der Waals surface area contributed by atoms with Gasteiger partial charge in [-0.25, -0.2) is 0 Å². The lowest BCUT2D eigenvalue weighted by atomic mass is 10.2. The number of carbonyl (C=O) groups is 1. The molecular weight excluding hydrogens is 400 g/mol. The monoisotopic (exact) mass is 416 g/mol. The number of nitro groups is 1. The number of rotatable bonds is 8. The van der Waals surface area contributed by atoms with Gasteiger partial charge in [0.05, 0.1) is 30.6 Å². The van der Waals surface area contributed by atoms with Crippen molar-refractivity contribution in [2.75, 3.05) is 25.3 Å². The Balaban J connectivity index is 1.62. The number of non-ortho nitro benzene ring substituents is 1. The van der Waals surface area contributed by atoms with Gasteiger partial charge in [0.15, 0.2) is 0 Å². The molecule has 3 aromatic rings. The van der Waals surface area contributed by atoms with Gasteiger partial charge in [0.25, 0.3) is 10.9 Å². The van der Waals surface area contributed by atoms with E-state index >= 15 is 0 Å². The van der Waals surface area contributed by atoms with Crippen LogP contribution < -0.4 is 14.8 Å². The summed E-state index contributed by atoms with van der Waals surface area (Å²) >= 11 is 1.04. The highest BCUT2D eigenvalue weighted by atomic mass is 32.2. The number of aromatic nitrogens is 2. The number of nitro benzene ring substituents is 1. The van der Waals surface area contributed by atoms with Crippen LogP contribution in [0.25, 0.3) is 11.5 Å². The molecule has 0 saturated heterocycles. The quantitative estimate of drug-likeness (QED) is 0.333. The Morgan fingerprint density at radius 1 is 1.21 bits per heavy atom. The molecule has 150 valence electrons. The second-order valence-electron chi connectivity index (χ2n) is 5.58. The van der Waals surface area contributed by atoms with Crippen LogP contribution in [-0.4, -0.2) is 41.0 Å². The number of nitrogens with zero attached hydrogens (tertiary/aromatic N) is 3. The molecule has 0 aliphatic rings. The lowest BCUT2D eigenvalue weighted by Gasteiger charge is -2.11. The lowest BCUT2D eigenvalue weighted by molar-refractivity contribution is -0.384. The van der Waals surface area contributed by atoms with Crippen molar-refractivity contribution in [2.24, 2.45) is 0 Å². The minimum atomic E-state index is -0.507. The third-order valence-corrected chi connectivity index (χ3v) is 4.54. The van der Waals surface area contributed by atoms with Crippen molar-refractivity contribution in [1.29, 1.82) is 0 Å². The molecule has 11 heteroatoms. The number of benzene rings is 2. The molecule has 2 aromatic carbocycles. The van der Waals surface area contributed by atoms with Crippen molar-refractivity contribution in [1.82, 2.24) is 10.2 Å². The summed E-state index contributed by atoms with van der Waals surface area (Å²) in [6, 6.07) is 10.9. The molecule has 0 atom stereocenters. The van der Waals surface area contributed by atoms with Gasteiger partial charge < -0.3 is 19.2 Å². The van der Waals surface area contributed by atoms with Crippen molar-refractivity contribution in [3.8, 4) is 23.0 Å².